The molecule has 1 saturated carbocycles. The van der Waals surface area contributed by atoms with Crippen LogP contribution in [0.25, 0.3) is 0 Å². The first kappa shape index (κ1) is 16.2. The van der Waals surface area contributed by atoms with Crippen LogP contribution in [0.5, 0.6) is 11.5 Å². The second-order valence-corrected chi connectivity index (χ2v) is 6.75. The Balaban J connectivity index is 2.36. The fourth-order valence-corrected chi connectivity index (χ4v) is 3.75. The lowest BCUT2D eigenvalue weighted by Gasteiger charge is -2.43. The fourth-order valence-electron chi connectivity index (χ4n) is 3.75. The highest BCUT2D eigenvalue weighted by Gasteiger charge is 2.37. The molecule has 118 valence electrons. The largest absolute Gasteiger partial charge is 0.497 e. The molecule has 1 N–H and O–H groups in total. The van der Waals surface area contributed by atoms with Crippen molar-refractivity contribution < 1.29 is 9.47 Å². The highest BCUT2D eigenvalue weighted by molar-refractivity contribution is 5.40. The first-order valence-corrected chi connectivity index (χ1v) is 7.92. The Morgan fingerprint density at radius 2 is 1.71 bits per heavy atom. The van der Waals surface area contributed by atoms with Crippen molar-refractivity contribution in [2.24, 2.45) is 11.3 Å². The summed E-state index contributed by atoms with van der Waals surface area (Å²) in [6.45, 7) is 4.80. The quantitative estimate of drug-likeness (QED) is 0.882. The van der Waals surface area contributed by atoms with Gasteiger partial charge in [0.1, 0.15) is 11.5 Å². The van der Waals surface area contributed by atoms with E-state index < -0.39 is 0 Å². The van der Waals surface area contributed by atoms with Gasteiger partial charge in [-0.15, -0.1) is 0 Å². The summed E-state index contributed by atoms with van der Waals surface area (Å²) in [7, 11) is 5.47. The normalized spacial score (nSPS) is 22.6. The minimum Gasteiger partial charge on any atom is -0.497 e. The van der Waals surface area contributed by atoms with E-state index in [2.05, 4.69) is 38.3 Å². The average Bonchev–Trinajstić information content (AvgIpc) is 2.49. The zero-order chi connectivity index (χ0) is 15.5. The van der Waals surface area contributed by atoms with Crippen molar-refractivity contribution in [3.05, 3.63) is 23.8 Å². The summed E-state index contributed by atoms with van der Waals surface area (Å²) < 4.78 is 10.8. The van der Waals surface area contributed by atoms with Crippen LogP contribution >= 0.6 is 0 Å². The molecule has 0 amide bonds. The summed E-state index contributed by atoms with van der Waals surface area (Å²) in [5.74, 6) is 2.35. The summed E-state index contributed by atoms with van der Waals surface area (Å²) in [4.78, 5) is 0. The molecule has 1 aliphatic rings. The van der Waals surface area contributed by atoms with Crippen molar-refractivity contribution in [3.63, 3.8) is 0 Å². The summed E-state index contributed by atoms with van der Waals surface area (Å²) >= 11 is 0. The predicted octanol–water partition coefficient (Wildman–Crippen LogP) is 4.18. The molecule has 1 fully saturated rings. The van der Waals surface area contributed by atoms with Gasteiger partial charge in [0.2, 0.25) is 0 Å². The Kier molecular flexibility index (Phi) is 5.15. The van der Waals surface area contributed by atoms with Crippen LogP contribution in [0.15, 0.2) is 18.2 Å². The van der Waals surface area contributed by atoms with Gasteiger partial charge in [0.25, 0.3) is 0 Å². The van der Waals surface area contributed by atoms with Crippen LogP contribution in [0.2, 0.25) is 0 Å². The molecule has 0 saturated heterocycles. The lowest BCUT2D eigenvalue weighted by Crippen LogP contribution is -2.37. The van der Waals surface area contributed by atoms with Gasteiger partial charge in [-0.3, -0.25) is 0 Å². The van der Waals surface area contributed by atoms with Gasteiger partial charge in [-0.1, -0.05) is 26.7 Å². The average molecular weight is 291 g/mol. The van der Waals surface area contributed by atoms with Crippen molar-refractivity contribution in [1.29, 1.82) is 0 Å². The third-order valence-corrected chi connectivity index (χ3v) is 5.04. The molecule has 0 aliphatic heterocycles. The molecule has 21 heavy (non-hydrogen) atoms. The highest BCUT2D eigenvalue weighted by atomic mass is 16.5. The standard InChI is InChI=1S/C18H29NO2/c1-18(2)9-7-6-8-16(18)17(19-3)13-10-14(20-4)12-15(11-13)21-5/h10-12,16-17,19H,6-9H2,1-5H3. The maximum atomic E-state index is 5.42. The van der Waals surface area contributed by atoms with Crippen molar-refractivity contribution in [2.45, 2.75) is 45.6 Å². The minimum atomic E-state index is 0.337. The van der Waals surface area contributed by atoms with Gasteiger partial charge in [0, 0.05) is 12.1 Å². The highest BCUT2D eigenvalue weighted by Crippen LogP contribution is 2.47. The summed E-state index contributed by atoms with van der Waals surface area (Å²) in [6, 6.07) is 6.54. The van der Waals surface area contributed by atoms with Crippen LogP contribution in [-0.4, -0.2) is 21.3 Å². The molecular formula is C18H29NO2. The molecule has 0 spiro atoms. The molecule has 1 aliphatic carbocycles. The van der Waals surface area contributed by atoms with E-state index in [0.29, 0.717) is 17.4 Å². The summed E-state index contributed by atoms with van der Waals surface area (Å²) in [5, 5.41) is 3.54. The molecule has 3 heteroatoms. The molecule has 1 aromatic carbocycles. The topological polar surface area (TPSA) is 30.5 Å². The van der Waals surface area contributed by atoms with E-state index in [-0.39, 0.29) is 0 Å². The smallest absolute Gasteiger partial charge is 0.122 e. The van der Waals surface area contributed by atoms with Gasteiger partial charge in [-0.25, -0.2) is 0 Å². The van der Waals surface area contributed by atoms with E-state index in [4.69, 9.17) is 9.47 Å². The van der Waals surface area contributed by atoms with Crippen molar-refractivity contribution in [1.82, 2.24) is 5.32 Å². The third kappa shape index (κ3) is 3.52. The van der Waals surface area contributed by atoms with Gasteiger partial charge in [0.15, 0.2) is 0 Å². The number of benzene rings is 1. The van der Waals surface area contributed by atoms with Crippen LogP contribution in [0.1, 0.15) is 51.1 Å². The monoisotopic (exact) mass is 291 g/mol. The molecule has 2 rings (SSSR count). The van der Waals surface area contributed by atoms with Crippen LogP contribution in [0.4, 0.5) is 0 Å². The number of ether oxygens (including phenoxy) is 2. The molecule has 2 atom stereocenters. The molecule has 2 unspecified atom stereocenters. The van der Waals surface area contributed by atoms with Crippen molar-refractivity contribution in [3.8, 4) is 11.5 Å². The maximum absolute atomic E-state index is 5.42. The number of hydrogen-bond donors (Lipinski definition) is 1. The molecule has 1 aromatic rings. The van der Waals surface area contributed by atoms with E-state index in [9.17, 15) is 0 Å². The first-order chi connectivity index (χ1) is 10.0. The van der Waals surface area contributed by atoms with E-state index in [1.54, 1.807) is 14.2 Å². The van der Waals surface area contributed by atoms with Gasteiger partial charge >= 0.3 is 0 Å². The maximum Gasteiger partial charge on any atom is 0.122 e. The molecular weight excluding hydrogens is 262 g/mol. The van der Waals surface area contributed by atoms with Gasteiger partial charge in [-0.2, -0.15) is 0 Å². The summed E-state index contributed by atoms with van der Waals surface area (Å²) in [6.07, 6.45) is 5.25. The Bertz CT molecular complexity index is 448. The van der Waals surface area contributed by atoms with Crippen LogP contribution in [0, 0.1) is 11.3 Å². The molecule has 0 radical (unpaired) electrons. The Labute approximate surface area is 129 Å². The number of methoxy groups -OCH3 is 2. The molecule has 0 heterocycles. The first-order valence-electron chi connectivity index (χ1n) is 7.92. The molecule has 0 aromatic heterocycles. The van der Waals surface area contributed by atoms with Crippen molar-refractivity contribution >= 4 is 0 Å². The predicted molar refractivity (Wildman–Crippen MR) is 87.1 cm³/mol. The SMILES string of the molecule is CNC(c1cc(OC)cc(OC)c1)C1CCCCC1(C)C. The van der Waals surface area contributed by atoms with Gasteiger partial charge in [-0.05, 0) is 48.9 Å². The second kappa shape index (κ2) is 6.69. The van der Waals surface area contributed by atoms with Gasteiger partial charge < -0.3 is 14.8 Å². The van der Waals surface area contributed by atoms with Crippen LogP contribution in [-0.2, 0) is 0 Å². The Morgan fingerprint density at radius 1 is 1.10 bits per heavy atom. The van der Waals surface area contributed by atoms with E-state index >= 15 is 0 Å². The van der Waals surface area contributed by atoms with Gasteiger partial charge in [0.05, 0.1) is 14.2 Å². The van der Waals surface area contributed by atoms with Crippen molar-refractivity contribution in [2.75, 3.05) is 21.3 Å². The Hall–Kier alpha value is -1.22. The number of rotatable bonds is 5. The third-order valence-electron chi connectivity index (χ3n) is 5.04. The van der Waals surface area contributed by atoms with Crippen LogP contribution < -0.4 is 14.8 Å². The lowest BCUT2D eigenvalue weighted by molar-refractivity contribution is 0.101. The Morgan fingerprint density at radius 3 is 2.19 bits per heavy atom. The fraction of sp³-hybridized carbons (Fsp3) is 0.667. The number of nitrogens with one attached hydrogen (secondary N) is 1. The summed E-state index contributed by atoms with van der Waals surface area (Å²) in [5.41, 5.74) is 1.62. The zero-order valence-corrected chi connectivity index (χ0v) is 14.0. The van der Waals surface area contributed by atoms with E-state index in [0.717, 1.165) is 11.5 Å². The van der Waals surface area contributed by atoms with E-state index in [1.807, 2.05) is 6.07 Å². The van der Waals surface area contributed by atoms with Crippen LogP contribution in [0.3, 0.4) is 0 Å². The molecule has 3 nitrogen and oxygen atoms in total. The lowest BCUT2D eigenvalue weighted by atomic mass is 9.65. The van der Waals surface area contributed by atoms with E-state index in [1.165, 1.54) is 31.2 Å². The minimum absolute atomic E-state index is 0.337. The molecule has 0 bridgehead atoms. The zero-order valence-electron chi connectivity index (χ0n) is 14.0. The second-order valence-electron chi connectivity index (χ2n) is 6.75. The number of hydrogen-bond acceptors (Lipinski definition) is 3.